The summed E-state index contributed by atoms with van der Waals surface area (Å²) in [5.74, 6) is -0.876. The van der Waals surface area contributed by atoms with Crippen molar-refractivity contribution in [3.05, 3.63) is 40.9 Å². The monoisotopic (exact) mass is 289 g/mol. The molecule has 0 spiro atoms. The van der Waals surface area contributed by atoms with E-state index in [2.05, 4.69) is 10.3 Å². The molecule has 0 atom stereocenters. The number of nitrogens with zero attached hydrogens (tertiary/aromatic N) is 2. The van der Waals surface area contributed by atoms with Gasteiger partial charge in [0.1, 0.15) is 11.3 Å². The van der Waals surface area contributed by atoms with E-state index < -0.39 is 11.9 Å². The van der Waals surface area contributed by atoms with E-state index in [1.165, 1.54) is 10.6 Å². The third kappa shape index (κ3) is 3.65. The Hall–Kier alpha value is -2.70. The van der Waals surface area contributed by atoms with Crippen molar-refractivity contribution in [1.29, 1.82) is 0 Å². The molecule has 110 valence electrons. The molecule has 7 heteroatoms. The van der Waals surface area contributed by atoms with Crippen molar-refractivity contribution >= 4 is 23.2 Å². The molecule has 1 amide bonds. The van der Waals surface area contributed by atoms with Crippen molar-refractivity contribution in [1.82, 2.24) is 9.38 Å². The molecule has 2 heterocycles. The van der Waals surface area contributed by atoms with Gasteiger partial charge < -0.3 is 10.1 Å². The molecule has 0 aliphatic carbocycles. The Kier molecular flexibility index (Phi) is 4.65. The first-order valence-corrected chi connectivity index (χ1v) is 6.53. The van der Waals surface area contributed by atoms with Crippen molar-refractivity contribution in [3.63, 3.8) is 0 Å². The SMILES string of the molecule is CCOC(=O)CCC(=O)Nc1cnc2ccccn2c1=O. The summed E-state index contributed by atoms with van der Waals surface area (Å²) in [6.07, 6.45) is 2.80. The lowest BCUT2D eigenvalue weighted by Crippen LogP contribution is -2.23. The van der Waals surface area contributed by atoms with E-state index in [0.717, 1.165) is 0 Å². The second-order valence-corrected chi connectivity index (χ2v) is 4.26. The van der Waals surface area contributed by atoms with Crippen LogP contribution in [0.15, 0.2) is 35.4 Å². The Labute approximate surface area is 120 Å². The fourth-order valence-corrected chi connectivity index (χ4v) is 1.77. The summed E-state index contributed by atoms with van der Waals surface area (Å²) in [6.45, 7) is 1.97. The Morgan fingerprint density at radius 1 is 1.33 bits per heavy atom. The van der Waals surface area contributed by atoms with Crippen LogP contribution in [0.4, 0.5) is 5.69 Å². The molecule has 7 nitrogen and oxygen atoms in total. The lowest BCUT2D eigenvalue weighted by molar-refractivity contribution is -0.144. The normalized spacial score (nSPS) is 10.3. The standard InChI is InChI=1S/C14H15N3O4/c1-2-21-13(19)7-6-12(18)16-10-9-15-11-5-3-4-8-17(11)14(10)20/h3-5,8-9H,2,6-7H2,1H3,(H,16,18). The predicted molar refractivity (Wildman–Crippen MR) is 76.0 cm³/mol. The summed E-state index contributed by atoms with van der Waals surface area (Å²) < 4.78 is 6.06. The number of anilines is 1. The molecule has 0 saturated carbocycles. The lowest BCUT2D eigenvalue weighted by Gasteiger charge is -2.06. The third-order valence-corrected chi connectivity index (χ3v) is 2.75. The maximum absolute atomic E-state index is 12.1. The highest BCUT2D eigenvalue weighted by Crippen LogP contribution is 2.03. The number of rotatable bonds is 5. The zero-order valence-electron chi connectivity index (χ0n) is 11.5. The van der Waals surface area contributed by atoms with Gasteiger partial charge in [0, 0.05) is 12.6 Å². The molecule has 0 aliphatic heterocycles. The molecule has 2 rings (SSSR count). The van der Waals surface area contributed by atoms with Gasteiger partial charge in [-0.3, -0.25) is 18.8 Å². The molecule has 0 unspecified atom stereocenters. The minimum absolute atomic E-state index is 0.0258. The van der Waals surface area contributed by atoms with Crippen molar-refractivity contribution < 1.29 is 14.3 Å². The van der Waals surface area contributed by atoms with E-state index in [1.807, 2.05) is 0 Å². The lowest BCUT2D eigenvalue weighted by atomic mass is 10.3. The molecule has 2 aromatic rings. The fraction of sp³-hybridized carbons (Fsp3) is 0.286. The zero-order valence-corrected chi connectivity index (χ0v) is 11.5. The molecule has 0 fully saturated rings. The molecule has 0 aromatic carbocycles. The second kappa shape index (κ2) is 6.65. The quantitative estimate of drug-likeness (QED) is 0.829. The predicted octanol–water partition coefficient (Wildman–Crippen LogP) is 0.976. The van der Waals surface area contributed by atoms with Gasteiger partial charge >= 0.3 is 5.97 Å². The molecular formula is C14H15N3O4. The number of carbonyl (C=O) groups is 2. The first-order valence-electron chi connectivity index (χ1n) is 6.53. The number of amides is 1. The van der Waals surface area contributed by atoms with Gasteiger partial charge in [-0.1, -0.05) is 6.07 Å². The average Bonchev–Trinajstić information content (AvgIpc) is 2.49. The molecular weight excluding hydrogens is 274 g/mol. The van der Waals surface area contributed by atoms with Gasteiger partial charge in [0.25, 0.3) is 5.56 Å². The average molecular weight is 289 g/mol. The summed E-state index contributed by atoms with van der Waals surface area (Å²) in [5, 5.41) is 2.46. The second-order valence-electron chi connectivity index (χ2n) is 4.26. The Morgan fingerprint density at radius 3 is 2.90 bits per heavy atom. The summed E-state index contributed by atoms with van der Waals surface area (Å²) in [6, 6.07) is 5.15. The van der Waals surface area contributed by atoms with Crippen LogP contribution in [0.2, 0.25) is 0 Å². The van der Waals surface area contributed by atoms with Crippen LogP contribution in [0.3, 0.4) is 0 Å². The fourth-order valence-electron chi connectivity index (χ4n) is 1.77. The number of hydrogen-bond donors (Lipinski definition) is 1. The minimum Gasteiger partial charge on any atom is -0.466 e. The molecule has 1 N–H and O–H groups in total. The van der Waals surface area contributed by atoms with Crippen LogP contribution >= 0.6 is 0 Å². The van der Waals surface area contributed by atoms with E-state index >= 15 is 0 Å². The number of nitrogens with one attached hydrogen (secondary N) is 1. The zero-order chi connectivity index (χ0) is 15.2. The number of ether oxygens (including phenoxy) is 1. The molecule has 0 saturated heterocycles. The van der Waals surface area contributed by atoms with Crippen molar-refractivity contribution in [2.75, 3.05) is 11.9 Å². The topological polar surface area (TPSA) is 89.8 Å². The van der Waals surface area contributed by atoms with Gasteiger partial charge in [-0.2, -0.15) is 0 Å². The van der Waals surface area contributed by atoms with Crippen LogP contribution in [-0.2, 0) is 14.3 Å². The molecule has 0 bridgehead atoms. The summed E-state index contributed by atoms with van der Waals surface area (Å²) in [4.78, 5) is 39.1. The number of esters is 1. The van der Waals surface area contributed by atoms with Gasteiger partial charge in [-0.05, 0) is 19.1 Å². The van der Waals surface area contributed by atoms with Gasteiger partial charge in [0.15, 0.2) is 0 Å². The van der Waals surface area contributed by atoms with Crippen LogP contribution in [0.25, 0.3) is 5.65 Å². The summed E-state index contributed by atoms with van der Waals surface area (Å²) >= 11 is 0. The summed E-state index contributed by atoms with van der Waals surface area (Å²) in [7, 11) is 0. The number of fused-ring (bicyclic) bond motifs is 1. The van der Waals surface area contributed by atoms with Gasteiger partial charge in [0.05, 0.1) is 19.2 Å². The highest BCUT2D eigenvalue weighted by molar-refractivity contribution is 5.92. The van der Waals surface area contributed by atoms with Crippen LogP contribution in [0, 0.1) is 0 Å². The van der Waals surface area contributed by atoms with Crippen LogP contribution < -0.4 is 10.9 Å². The van der Waals surface area contributed by atoms with E-state index in [9.17, 15) is 14.4 Å². The van der Waals surface area contributed by atoms with E-state index in [-0.39, 0.29) is 30.7 Å². The smallest absolute Gasteiger partial charge is 0.306 e. The minimum atomic E-state index is -0.444. The Balaban J connectivity index is 2.06. The molecule has 2 aromatic heterocycles. The number of aromatic nitrogens is 2. The Morgan fingerprint density at radius 2 is 2.14 bits per heavy atom. The largest absolute Gasteiger partial charge is 0.466 e. The van der Waals surface area contributed by atoms with Crippen molar-refractivity contribution in [3.8, 4) is 0 Å². The highest BCUT2D eigenvalue weighted by Gasteiger charge is 2.11. The van der Waals surface area contributed by atoms with E-state index in [4.69, 9.17) is 4.74 Å². The van der Waals surface area contributed by atoms with E-state index in [1.54, 1.807) is 31.3 Å². The van der Waals surface area contributed by atoms with Gasteiger partial charge in [0.2, 0.25) is 5.91 Å². The van der Waals surface area contributed by atoms with Crippen molar-refractivity contribution in [2.45, 2.75) is 19.8 Å². The van der Waals surface area contributed by atoms with Crippen LogP contribution in [0.5, 0.6) is 0 Å². The maximum atomic E-state index is 12.1. The van der Waals surface area contributed by atoms with E-state index in [0.29, 0.717) is 5.65 Å². The molecule has 0 aliphatic rings. The molecule has 0 radical (unpaired) electrons. The van der Waals surface area contributed by atoms with Crippen molar-refractivity contribution in [2.24, 2.45) is 0 Å². The van der Waals surface area contributed by atoms with Crippen LogP contribution in [-0.4, -0.2) is 27.9 Å². The van der Waals surface area contributed by atoms with Gasteiger partial charge in [-0.25, -0.2) is 4.98 Å². The highest BCUT2D eigenvalue weighted by atomic mass is 16.5. The maximum Gasteiger partial charge on any atom is 0.306 e. The van der Waals surface area contributed by atoms with Crippen LogP contribution in [0.1, 0.15) is 19.8 Å². The number of carbonyl (C=O) groups excluding carboxylic acids is 2. The summed E-state index contributed by atoms with van der Waals surface area (Å²) in [5.41, 5.74) is 0.199. The number of hydrogen-bond acceptors (Lipinski definition) is 5. The van der Waals surface area contributed by atoms with Gasteiger partial charge in [-0.15, -0.1) is 0 Å². The number of pyridine rings is 1. The molecule has 21 heavy (non-hydrogen) atoms. The Bertz CT molecular complexity index is 723. The first-order chi connectivity index (χ1) is 10.1. The third-order valence-electron chi connectivity index (χ3n) is 2.75. The first kappa shape index (κ1) is 14.7.